The molecule has 2 aliphatic rings. The first-order chi connectivity index (χ1) is 15.9. The summed E-state index contributed by atoms with van der Waals surface area (Å²) in [6, 6.07) is 20.9. The van der Waals surface area contributed by atoms with E-state index in [4.69, 9.17) is 4.74 Å². The molecule has 1 aliphatic carbocycles. The van der Waals surface area contributed by atoms with Crippen LogP contribution in [-0.4, -0.2) is 16.7 Å². The predicted molar refractivity (Wildman–Crippen MR) is 127 cm³/mol. The standard InChI is InChI=1S/C28H26N2O3/c1-28(2)17-24-27(25(31)18-28)23(19-12-14-29-15-13-19)16-26(32)30(24)20-8-10-22(11-9-20)33-21-6-4-3-5-7-21/h3-15,23H,16-18H2,1-2H3. The maximum absolute atomic E-state index is 13.5. The van der Waals surface area contributed by atoms with Crippen molar-refractivity contribution in [2.45, 2.75) is 39.0 Å². The summed E-state index contributed by atoms with van der Waals surface area (Å²) in [5, 5.41) is 0. The summed E-state index contributed by atoms with van der Waals surface area (Å²) in [4.78, 5) is 32.6. The first-order valence-corrected chi connectivity index (χ1v) is 11.2. The molecule has 5 nitrogen and oxygen atoms in total. The van der Waals surface area contributed by atoms with Gasteiger partial charge in [-0.25, -0.2) is 0 Å². The van der Waals surface area contributed by atoms with Crippen molar-refractivity contribution in [2.24, 2.45) is 5.41 Å². The van der Waals surface area contributed by atoms with Gasteiger partial charge < -0.3 is 4.74 Å². The molecule has 5 rings (SSSR count). The molecule has 5 heteroatoms. The van der Waals surface area contributed by atoms with Gasteiger partial charge in [0.25, 0.3) is 0 Å². The zero-order chi connectivity index (χ0) is 23.0. The third-order valence-electron chi connectivity index (χ3n) is 6.33. The van der Waals surface area contributed by atoms with Crippen LogP contribution in [0.15, 0.2) is 90.4 Å². The Morgan fingerprint density at radius 2 is 1.55 bits per heavy atom. The second-order valence-electron chi connectivity index (χ2n) is 9.48. The van der Waals surface area contributed by atoms with Crippen molar-refractivity contribution < 1.29 is 14.3 Å². The minimum Gasteiger partial charge on any atom is -0.457 e. The highest BCUT2D eigenvalue weighted by molar-refractivity contribution is 6.07. The lowest BCUT2D eigenvalue weighted by molar-refractivity contribution is -0.121. The zero-order valence-electron chi connectivity index (χ0n) is 18.8. The van der Waals surface area contributed by atoms with Crippen molar-refractivity contribution in [1.82, 2.24) is 4.98 Å². The highest BCUT2D eigenvalue weighted by Crippen LogP contribution is 2.48. The van der Waals surface area contributed by atoms with Gasteiger partial charge in [-0.1, -0.05) is 32.0 Å². The number of allylic oxidation sites excluding steroid dienone is 2. The van der Waals surface area contributed by atoms with E-state index in [1.54, 1.807) is 17.3 Å². The van der Waals surface area contributed by atoms with Crippen LogP contribution in [0.25, 0.3) is 0 Å². The summed E-state index contributed by atoms with van der Waals surface area (Å²) in [5.74, 6) is 1.35. The van der Waals surface area contributed by atoms with E-state index in [9.17, 15) is 9.59 Å². The third kappa shape index (κ3) is 4.19. The first kappa shape index (κ1) is 21.1. The molecule has 0 radical (unpaired) electrons. The van der Waals surface area contributed by atoms with Gasteiger partial charge in [0.1, 0.15) is 11.5 Å². The van der Waals surface area contributed by atoms with Gasteiger partial charge >= 0.3 is 0 Å². The SMILES string of the molecule is CC1(C)CC(=O)C2=C(C1)N(c1ccc(Oc3ccccc3)cc1)C(=O)CC2c1ccncc1. The van der Waals surface area contributed by atoms with Crippen molar-refractivity contribution in [3.63, 3.8) is 0 Å². The number of amides is 1. The number of nitrogens with zero attached hydrogens (tertiary/aromatic N) is 2. The molecule has 2 aromatic carbocycles. The van der Waals surface area contributed by atoms with Crippen molar-refractivity contribution >= 4 is 17.4 Å². The van der Waals surface area contributed by atoms with E-state index in [1.165, 1.54) is 0 Å². The van der Waals surface area contributed by atoms with E-state index in [0.29, 0.717) is 18.6 Å². The minimum atomic E-state index is -0.226. The van der Waals surface area contributed by atoms with Crippen LogP contribution in [0.2, 0.25) is 0 Å². The number of ketones is 1. The molecule has 0 saturated heterocycles. The summed E-state index contributed by atoms with van der Waals surface area (Å²) < 4.78 is 5.90. The molecule has 0 bridgehead atoms. The lowest BCUT2D eigenvalue weighted by Crippen LogP contribution is -2.43. The highest BCUT2D eigenvalue weighted by atomic mass is 16.5. The monoisotopic (exact) mass is 438 g/mol. The molecular formula is C28H26N2O3. The van der Waals surface area contributed by atoms with Crippen molar-refractivity contribution in [3.05, 3.63) is 96.0 Å². The molecule has 3 aromatic rings. The molecule has 1 amide bonds. The predicted octanol–water partition coefficient (Wildman–Crippen LogP) is 6.04. The average molecular weight is 439 g/mol. The lowest BCUT2D eigenvalue weighted by Gasteiger charge is -2.43. The van der Waals surface area contributed by atoms with Gasteiger partial charge in [-0.2, -0.15) is 0 Å². The molecule has 1 atom stereocenters. The fourth-order valence-corrected chi connectivity index (χ4v) is 4.88. The van der Waals surface area contributed by atoms with E-state index in [0.717, 1.165) is 28.3 Å². The van der Waals surface area contributed by atoms with Gasteiger partial charge in [0.2, 0.25) is 5.91 Å². The van der Waals surface area contributed by atoms with Crippen LogP contribution in [0.5, 0.6) is 11.5 Å². The number of benzene rings is 2. The number of ether oxygens (including phenoxy) is 1. The van der Waals surface area contributed by atoms with Gasteiger partial charge in [0.05, 0.1) is 0 Å². The lowest BCUT2D eigenvalue weighted by atomic mass is 9.69. The number of hydrogen-bond acceptors (Lipinski definition) is 4. The highest BCUT2D eigenvalue weighted by Gasteiger charge is 2.44. The molecule has 0 N–H and O–H groups in total. The largest absolute Gasteiger partial charge is 0.457 e. The number of hydrogen-bond donors (Lipinski definition) is 0. The first-order valence-electron chi connectivity index (χ1n) is 11.2. The normalized spacial score (nSPS) is 19.9. The van der Waals surface area contributed by atoms with E-state index < -0.39 is 0 Å². The number of Topliss-reactive ketones (excluding diaryl/α,β-unsaturated/α-hetero) is 1. The summed E-state index contributed by atoms with van der Waals surface area (Å²) in [5.41, 5.74) is 3.11. The maximum Gasteiger partial charge on any atom is 0.232 e. The molecular weight excluding hydrogens is 412 g/mol. The fourth-order valence-electron chi connectivity index (χ4n) is 4.88. The van der Waals surface area contributed by atoms with Gasteiger partial charge in [-0.05, 0) is 65.9 Å². The van der Waals surface area contributed by atoms with Crippen molar-refractivity contribution in [3.8, 4) is 11.5 Å². The quantitative estimate of drug-likeness (QED) is 0.498. The fraction of sp³-hybridized carbons (Fsp3) is 0.250. The number of para-hydroxylation sites is 1. The number of carbonyl (C=O) groups is 2. The van der Waals surface area contributed by atoms with E-state index in [-0.39, 0.29) is 29.4 Å². The molecule has 0 fully saturated rings. The topological polar surface area (TPSA) is 59.5 Å². The Kier molecular flexibility index (Phi) is 5.33. The number of anilines is 1. The Hall–Kier alpha value is -3.73. The van der Waals surface area contributed by atoms with Crippen molar-refractivity contribution in [2.75, 3.05) is 4.90 Å². The second kappa shape index (κ2) is 8.32. The average Bonchev–Trinajstić information content (AvgIpc) is 2.80. The van der Waals surface area contributed by atoms with Crippen LogP contribution >= 0.6 is 0 Å². The van der Waals surface area contributed by atoms with Gasteiger partial charge in [0.15, 0.2) is 5.78 Å². The molecule has 166 valence electrons. The number of carbonyl (C=O) groups excluding carboxylic acids is 2. The Balaban J connectivity index is 1.53. The maximum atomic E-state index is 13.5. The molecule has 1 unspecified atom stereocenters. The Bertz CT molecular complexity index is 1220. The molecule has 1 aliphatic heterocycles. The summed E-state index contributed by atoms with van der Waals surface area (Å²) >= 11 is 0. The van der Waals surface area contributed by atoms with E-state index >= 15 is 0 Å². The Labute approximate surface area is 193 Å². The smallest absolute Gasteiger partial charge is 0.232 e. The summed E-state index contributed by atoms with van der Waals surface area (Å²) in [6.45, 7) is 4.17. The number of aromatic nitrogens is 1. The van der Waals surface area contributed by atoms with Crippen LogP contribution in [0.3, 0.4) is 0 Å². The minimum absolute atomic E-state index is 0.00205. The number of pyridine rings is 1. The van der Waals surface area contributed by atoms with Crippen LogP contribution < -0.4 is 9.64 Å². The van der Waals surface area contributed by atoms with E-state index in [2.05, 4.69) is 18.8 Å². The molecule has 0 spiro atoms. The summed E-state index contributed by atoms with van der Waals surface area (Å²) in [6.07, 6.45) is 4.85. The molecule has 2 heterocycles. The van der Waals surface area contributed by atoms with Crippen LogP contribution in [0, 0.1) is 5.41 Å². The molecule has 33 heavy (non-hydrogen) atoms. The zero-order valence-corrected chi connectivity index (χ0v) is 18.8. The number of rotatable bonds is 4. The molecule has 1 aromatic heterocycles. The molecule has 0 saturated carbocycles. The Morgan fingerprint density at radius 1 is 0.879 bits per heavy atom. The van der Waals surface area contributed by atoms with Gasteiger partial charge in [-0.15, -0.1) is 0 Å². The van der Waals surface area contributed by atoms with Crippen molar-refractivity contribution in [1.29, 1.82) is 0 Å². The summed E-state index contributed by atoms with van der Waals surface area (Å²) in [7, 11) is 0. The van der Waals surface area contributed by atoms with Crippen LogP contribution in [0.4, 0.5) is 5.69 Å². The second-order valence-corrected chi connectivity index (χ2v) is 9.48. The van der Waals surface area contributed by atoms with Crippen LogP contribution in [-0.2, 0) is 9.59 Å². The third-order valence-corrected chi connectivity index (χ3v) is 6.33. The van der Waals surface area contributed by atoms with E-state index in [1.807, 2.05) is 66.7 Å². The van der Waals surface area contributed by atoms with Crippen LogP contribution in [0.1, 0.15) is 44.6 Å². The van der Waals surface area contributed by atoms with Gasteiger partial charge in [0, 0.05) is 48.1 Å². The van der Waals surface area contributed by atoms with Gasteiger partial charge in [-0.3, -0.25) is 19.5 Å². The Morgan fingerprint density at radius 3 is 2.24 bits per heavy atom.